The number of H-pyrrole nitrogens is 1. The molecular weight excluding hydrogens is 383 g/mol. The van der Waals surface area contributed by atoms with Gasteiger partial charge in [0.05, 0.1) is 12.2 Å². The molecule has 1 aliphatic heterocycles. The van der Waals surface area contributed by atoms with E-state index in [1.165, 1.54) is 0 Å². The zero-order chi connectivity index (χ0) is 19.8. The van der Waals surface area contributed by atoms with Gasteiger partial charge in [-0.15, -0.1) is 0 Å². The maximum atomic E-state index is 11.9. The van der Waals surface area contributed by atoms with Crippen molar-refractivity contribution in [3.63, 3.8) is 0 Å². The Labute approximate surface area is 143 Å². The number of hydrogen-bond donors (Lipinski definition) is 7. The molecule has 14 nitrogen and oxygen atoms in total. The molecule has 7 N–H and O–H groups in total. The second-order valence-corrected chi connectivity index (χ2v) is 6.56. The number of aliphatic hydroxyl groups is 3. The Balaban J connectivity index is 2.34. The third kappa shape index (κ3) is 4.25. The summed E-state index contributed by atoms with van der Waals surface area (Å²) in [5.74, 6) is -1.78. The molecule has 1 aromatic heterocycles. The lowest BCUT2D eigenvalue weighted by molar-refractivity contribution is -0.147. The molecule has 15 heteroatoms. The number of carbonyl (C=O) groups is 1. The number of rotatable bonds is 6. The van der Waals surface area contributed by atoms with Crippen LogP contribution in [0.4, 0.5) is 0 Å². The molecule has 1 aromatic rings. The molecule has 0 radical (unpaired) electrons. The molecule has 0 saturated carbocycles. The second-order valence-electron chi connectivity index (χ2n) is 5.32. The van der Waals surface area contributed by atoms with Crippen LogP contribution < -0.4 is 11.2 Å². The standard InChI is InChI=1S/C11H15N2O12P/c14-5(10(18)19)3-1-13(11(20)12-8(3)17)9-7(16)6(15)4(25-9)2-24-26(21,22)23/h1,4-7,9,14-16H,2H2,(H,18,19)(H,12,17,20)(H2,21,22,23)/t4-,5?,6-,7-,9-/m1/s1. The van der Waals surface area contributed by atoms with Crippen molar-refractivity contribution in [3.8, 4) is 0 Å². The predicted octanol–water partition coefficient (Wildman–Crippen LogP) is -3.62. The fourth-order valence-corrected chi connectivity index (χ4v) is 2.63. The van der Waals surface area contributed by atoms with Crippen molar-refractivity contribution >= 4 is 13.8 Å². The zero-order valence-electron chi connectivity index (χ0n) is 12.7. The van der Waals surface area contributed by atoms with Gasteiger partial charge in [0, 0.05) is 6.20 Å². The average Bonchev–Trinajstić information content (AvgIpc) is 2.80. The van der Waals surface area contributed by atoms with E-state index in [9.17, 15) is 34.3 Å². The van der Waals surface area contributed by atoms with Crippen LogP contribution in [0.25, 0.3) is 0 Å². The van der Waals surface area contributed by atoms with E-state index in [1.807, 2.05) is 0 Å². The monoisotopic (exact) mass is 398 g/mol. The normalized spacial score (nSPS) is 27.4. The van der Waals surface area contributed by atoms with Crippen LogP contribution in [0.3, 0.4) is 0 Å². The first-order valence-electron chi connectivity index (χ1n) is 6.90. The van der Waals surface area contributed by atoms with Crippen molar-refractivity contribution in [1.82, 2.24) is 9.55 Å². The molecule has 0 bridgehead atoms. The Kier molecular flexibility index (Phi) is 5.79. The number of nitrogens with one attached hydrogen (secondary N) is 1. The maximum absolute atomic E-state index is 11.9. The Bertz CT molecular complexity index is 842. The molecule has 0 aromatic carbocycles. The highest BCUT2D eigenvalue weighted by Gasteiger charge is 2.45. The van der Waals surface area contributed by atoms with Crippen LogP contribution in [0.15, 0.2) is 15.8 Å². The Morgan fingerprint density at radius 3 is 2.50 bits per heavy atom. The lowest BCUT2D eigenvalue weighted by Gasteiger charge is -2.18. The largest absolute Gasteiger partial charge is 0.479 e. The summed E-state index contributed by atoms with van der Waals surface area (Å²) in [7, 11) is -4.89. The zero-order valence-corrected chi connectivity index (χ0v) is 13.6. The SMILES string of the molecule is O=C(O)C(O)c1cn([C@@H]2O[C@H](COP(=O)(O)O)[C@@H](O)[C@H]2O)c(=O)[nH]c1=O. The molecule has 1 saturated heterocycles. The van der Waals surface area contributed by atoms with Gasteiger partial charge >= 0.3 is 19.5 Å². The van der Waals surface area contributed by atoms with Crippen LogP contribution >= 0.6 is 7.82 Å². The molecular formula is C11H15N2O12P. The van der Waals surface area contributed by atoms with E-state index < -0.39 is 67.9 Å². The lowest BCUT2D eigenvalue weighted by atomic mass is 10.1. The molecule has 2 heterocycles. The minimum Gasteiger partial charge on any atom is -0.479 e. The van der Waals surface area contributed by atoms with E-state index in [2.05, 4.69) is 4.52 Å². The number of phosphoric ester groups is 1. The number of carboxylic acids is 1. The van der Waals surface area contributed by atoms with Crippen LogP contribution in [0.1, 0.15) is 17.9 Å². The van der Waals surface area contributed by atoms with Crippen LogP contribution in [-0.2, 0) is 18.6 Å². The van der Waals surface area contributed by atoms with Crippen molar-refractivity contribution in [2.45, 2.75) is 30.6 Å². The highest BCUT2D eigenvalue weighted by molar-refractivity contribution is 7.46. The predicted molar refractivity (Wildman–Crippen MR) is 77.8 cm³/mol. The van der Waals surface area contributed by atoms with E-state index in [4.69, 9.17) is 19.6 Å². The van der Waals surface area contributed by atoms with E-state index >= 15 is 0 Å². The van der Waals surface area contributed by atoms with Crippen molar-refractivity contribution in [2.75, 3.05) is 6.61 Å². The lowest BCUT2D eigenvalue weighted by Crippen LogP contribution is -2.39. The van der Waals surface area contributed by atoms with E-state index in [0.717, 1.165) is 0 Å². The van der Waals surface area contributed by atoms with Gasteiger partial charge in [-0.1, -0.05) is 0 Å². The summed E-state index contributed by atoms with van der Waals surface area (Å²) in [4.78, 5) is 53.4. The minimum atomic E-state index is -4.89. The molecule has 146 valence electrons. The average molecular weight is 398 g/mol. The van der Waals surface area contributed by atoms with E-state index in [-0.39, 0.29) is 0 Å². The number of ether oxygens (including phenoxy) is 1. The van der Waals surface area contributed by atoms with E-state index in [0.29, 0.717) is 10.8 Å². The van der Waals surface area contributed by atoms with Crippen LogP contribution in [-0.4, -0.2) is 70.7 Å². The Morgan fingerprint density at radius 1 is 1.35 bits per heavy atom. The van der Waals surface area contributed by atoms with Gasteiger partial charge in [0.25, 0.3) is 5.56 Å². The van der Waals surface area contributed by atoms with Gasteiger partial charge in [0.1, 0.15) is 18.3 Å². The summed E-state index contributed by atoms with van der Waals surface area (Å²) < 4.78 is 20.5. The first-order valence-corrected chi connectivity index (χ1v) is 8.43. The Hall–Kier alpha value is -1.90. The number of nitrogens with zero attached hydrogens (tertiary/aromatic N) is 1. The highest BCUT2D eigenvalue weighted by Crippen LogP contribution is 2.38. The fraction of sp³-hybridized carbons (Fsp3) is 0.545. The summed E-state index contributed by atoms with van der Waals surface area (Å²) in [6.07, 6.45) is -8.26. The Morgan fingerprint density at radius 2 is 1.96 bits per heavy atom. The molecule has 1 fully saturated rings. The number of aliphatic hydroxyl groups excluding tert-OH is 3. The molecule has 0 aliphatic carbocycles. The number of hydrogen-bond acceptors (Lipinski definition) is 9. The molecule has 0 amide bonds. The topological polar surface area (TPSA) is 229 Å². The van der Waals surface area contributed by atoms with Crippen molar-refractivity contribution in [1.29, 1.82) is 0 Å². The minimum absolute atomic E-state index is 0.522. The molecule has 1 aliphatic rings. The van der Waals surface area contributed by atoms with Crippen molar-refractivity contribution < 1.29 is 48.8 Å². The van der Waals surface area contributed by atoms with Gasteiger partial charge in [0.15, 0.2) is 12.3 Å². The van der Waals surface area contributed by atoms with Gasteiger partial charge in [-0.3, -0.25) is 18.9 Å². The summed E-state index contributed by atoms with van der Waals surface area (Å²) >= 11 is 0. The molecule has 5 atom stereocenters. The fourth-order valence-electron chi connectivity index (χ4n) is 2.28. The maximum Gasteiger partial charge on any atom is 0.469 e. The molecule has 0 spiro atoms. The molecule has 1 unspecified atom stereocenters. The van der Waals surface area contributed by atoms with Gasteiger partial charge < -0.3 is 34.9 Å². The van der Waals surface area contributed by atoms with Crippen LogP contribution in [0.5, 0.6) is 0 Å². The van der Waals surface area contributed by atoms with E-state index in [1.54, 1.807) is 4.98 Å². The number of phosphoric acid groups is 1. The summed E-state index contributed by atoms with van der Waals surface area (Å²) in [5, 5.41) is 38.1. The summed E-state index contributed by atoms with van der Waals surface area (Å²) in [6, 6.07) is 0. The quantitative estimate of drug-likeness (QED) is 0.230. The van der Waals surface area contributed by atoms with Crippen LogP contribution in [0, 0.1) is 0 Å². The first kappa shape index (κ1) is 20.4. The number of aliphatic carboxylic acids is 1. The number of aromatic amines is 1. The van der Waals surface area contributed by atoms with Crippen LogP contribution in [0.2, 0.25) is 0 Å². The second kappa shape index (κ2) is 7.38. The number of carboxylic acid groups (broad SMARTS) is 1. The van der Waals surface area contributed by atoms with Gasteiger partial charge in [0.2, 0.25) is 0 Å². The number of aromatic nitrogens is 2. The molecule has 2 rings (SSSR count). The first-order chi connectivity index (χ1) is 11.9. The van der Waals surface area contributed by atoms with Gasteiger partial charge in [-0.2, -0.15) is 0 Å². The highest BCUT2D eigenvalue weighted by atomic mass is 31.2. The smallest absolute Gasteiger partial charge is 0.469 e. The summed E-state index contributed by atoms with van der Waals surface area (Å²) in [6.45, 7) is -0.832. The molecule has 26 heavy (non-hydrogen) atoms. The van der Waals surface area contributed by atoms with Gasteiger partial charge in [-0.05, 0) is 0 Å². The third-order valence-electron chi connectivity index (χ3n) is 3.54. The van der Waals surface area contributed by atoms with Gasteiger partial charge in [-0.25, -0.2) is 14.2 Å². The third-order valence-corrected chi connectivity index (χ3v) is 4.03. The van der Waals surface area contributed by atoms with Crippen molar-refractivity contribution in [2.24, 2.45) is 0 Å². The van der Waals surface area contributed by atoms with Crippen molar-refractivity contribution in [3.05, 3.63) is 32.6 Å². The summed E-state index contributed by atoms with van der Waals surface area (Å²) in [5.41, 5.74) is -3.07.